The second kappa shape index (κ2) is 6.84. The molecule has 0 atom stereocenters. The third-order valence-electron chi connectivity index (χ3n) is 4.95. The molecular weight excluding hydrogens is 302 g/mol. The Morgan fingerprint density at radius 2 is 1.56 bits per heavy atom. The summed E-state index contributed by atoms with van der Waals surface area (Å²) in [4.78, 5) is 5.02. The maximum absolute atomic E-state index is 5.02. The Labute approximate surface area is 151 Å². The lowest BCUT2D eigenvalue weighted by atomic mass is 9.93. The first-order valence-corrected chi connectivity index (χ1v) is 8.96. The standard InChI is InChI=1S/C24H27N/c1-15-12-18(4)24(19(5)13-15)25-20(6)21-9-7-8-10-22(21)23-14-16(2)11-17(23)3/h7-13H,14H2,1-6H3. The number of hydrogen-bond donors (Lipinski definition) is 0. The van der Waals surface area contributed by atoms with Gasteiger partial charge in [0, 0.05) is 11.3 Å². The van der Waals surface area contributed by atoms with Crippen molar-refractivity contribution in [3.63, 3.8) is 0 Å². The first kappa shape index (κ1) is 17.4. The highest BCUT2D eigenvalue weighted by molar-refractivity contribution is 6.05. The molecule has 2 aromatic carbocycles. The molecule has 0 spiro atoms. The molecule has 0 heterocycles. The van der Waals surface area contributed by atoms with E-state index in [4.69, 9.17) is 4.99 Å². The van der Waals surface area contributed by atoms with E-state index in [0.29, 0.717) is 0 Å². The molecule has 0 saturated heterocycles. The van der Waals surface area contributed by atoms with Gasteiger partial charge in [0.05, 0.1) is 5.69 Å². The molecule has 0 aromatic heterocycles. The molecule has 0 aliphatic heterocycles. The van der Waals surface area contributed by atoms with Crippen LogP contribution in [0.5, 0.6) is 0 Å². The van der Waals surface area contributed by atoms with Crippen LogP contribution in [-0.2, 0) is 0 Å². The van der Waals surface area contributed by atoms with Gasteiger partial charge in [0.2, 0.25) is 0 Å². The molecule has 25 heavy (non-hydrogen) atoms. The Morgan fingerprint density at radius 1 is 0.920 bits per heavy atom. The highest BCUT2D eigenvalue weighted by Crippen LogP contribution is 2.35. The van der Waals surface area contributed by atoms with Crippen LogP contribution in [0.4, 0.5) is 5.69 Å². The smallest absolute Gasteiger partial charge is 0.0691 e. The van der Waals surface area contributed by atoms with E-state index in [-0.39, 0.29) is 0 Å². The topological polar surface area (TPSA) is 12.4 Å². The second-order valence-electron chi connectivity index (χ2n) is 7.32. The summed E-state index contributed by atoms with van der Waals surface area (Å²) in [7, 11) is 0. The van der Waals surface area contributed by atoms with Crippen molar-refractivity contribution < 1.29 is 0 Å². The minimum Gasteiger partial charge on any atom is -0.253 e. The molecule has 0 N–H and O–H groups in total. The van der Waals surface area contributed by atoms with Crippen LogP contribution in [0, 0.1) is 20.8 Å². The van der Waals surface area contributed by atoms with Crippen molar-refractivity contribution >= 4 is 17.0 Å². The highest BCUT2D eigenvalue weighted by atomic mass is 14.8. The average Bonchev–Trinajstić information content (AvgIpc) is 2.89. The quantitative estimate of drug-likeness (QED) is 0.544. The molecular formula is C24H27N. The first-order chi connectivity index (χ1) is 11.9. The van der Waals surface area contributed by atoms with Gasteiger partial charge in [0.1, 0.15) is 0 Å². The van der Waals surface area contributed by atoms with Crippen LogP contribution in [0.1, 0.15) is 55.0 Å². The Hall–Kier alpha value is -2.41. The summed E-state index contributed by atoms with van der Waals surface area (Å²) in [5.74, 6) is 0. The van der Waals surface area contributed by atoms with Gasteiger partial charge in [-0.1, -0.05) is 53.6 Å². The zero-order valence-corrected chi connectivity index (χ0v) is 16.2. The molecule has 0 unspecified atom stereocenters. The lowest BCUT2D eigenvalue weighted by Gasteiger charge is -2.14. The molecule has 128 valence electrons. The van der Waals surface area contributed by atoms with Crippen molar-refractivity contribution in [2.75, 3.05) is 0 Å². The second-order valence-corrected chi connectivity index (χ2v) is 7.32. The Balaban J connectivity index is 2.08. The van der Waals surface area contributed by atoms with Gasteiger partial charge >= 0.3 is 0 Å². The van der Waals surface area contributed by atoms with Crippen LogP contribution < -0.4 is 0 Å². The van der Waals surface area contributed by atoms with Crippen molar-refractivity contribution in [3.05, 3.63) is 81.4 Å². The minimum absolute atomic E-state index is 1.04. The maximum atomic E-state index is 5.02. The number of allylic oxidation sites excluding steroid dienone is 4. The van der Waals surface area contributed by atoms with E-state index in [0.717, 1.165) is 17.8 Å². The summed E-state index contributed by atoms with van der Waals surface area (Å²) >= 11 is 0. The van der Waals surface area contributed by atoms with Gasteiger partial charge in [0.15, 0.2) is 0 Å². The summed E-state index contributed by atoms with van der Waals surface area (Å²) in [6.07, 6.45) is 3.34. The number of hydrogen-bond acceptors (Lipinski definition) is 1. The molecule has 0 saturated carbocycles. The van der Waals surface area contributed by atoms with Gasteiger partial charge in [-0.25, -0.2) is 0 Å². The number of rotatable bonds is 3. The largest absolute Gasteiger partial charge is 0.253 e. The van der Waals surface area contributed by atoms with Crippen LogP contribution in [0.2, 0.25) is 0 Å². The third-order valence-corrected chi connectivity index (χ3v) is 4.95. The van der Waals surface area contributed by atoms with E-state index in [1.807, 2.05) is 0 Å². The minimum atomic E-state index is 1.04. The van der Waals surface area contributed by atoms with E-state index < -0.39 is 0 Å². The fourth-order valence-electron chi connectivity index (χ4n) is 3.87. The van der Waals surface area contributed by atoms with Gasteiger partial charge in [-0.05, 0) is 75.8 Å². The Kier molecular flexibility index (Phi) is 4.76. The third kappa shape index (κ3) is 3.51. The van der Waals surface area contributed by atoms with E-state index >= 15 is 0 Å². The number of aryl methyl sites for hydroxylation is 3. The molecule has 1 aliphatic rings. The monoisotopic (exact) mass is 329 g/mol. The van der Waals surface area contributed by atoms with E-state index in [1.165, 1.54) is 44.5 Å². The van der Waals surface area contributed by atoms with Gasteiger partial charge in [-0.2, -0.15) is 0 Å². The maximum Gasteiger partial charge on any atom is 0.0691 e. The molecule has 0 fully saturated rings. The predicted octanol–water partition coefficient (Wildman–Crippen LogP) is 6.88. The van der Waals surface area contributed by atoms with Crippen molar-refractivity contribution in [1.29, 1.82) is 0 Å². The van der Waals surface area contributed by atoms with E-state index in [9.17, 15) is 0 Å². The van der Waals surface area contributed by atoms with Crippen molar-refractivity contribution in [2.45, 2.75) is 48.0 Å². The van der Waals surface area contributed by atoms with Crippen molar-refractivity contribution in [3.8, 4) is 0 Å². The zero-order valence-electron chi connectivity index (χ0n) is 16.2. The molecule has 3 rings (SSSR count). The van der Waals surface area contributed by atoms with Gasteiger partial charge < -0.3 is 0 Å². The van der Waals surface area contributed by atoms with E-state index in [2.05, 4.69) is 84.0 Å². The molecule has 0 radical (unpaired) electrons. The highest BCUT2D eigenvalue weighted by Gasteiger charge is 2.16. The van der Waals surface area contributed by atoms with Crippen LogP contribution in [0.3, 0.4) is 0 Å². The molecule has 1 heteroatoms. The summed E-state index contributed by atoms with van der Waals surface area (Å²) in [6.45, 7) is 13.0. The van der Waals surface area contributed by atoms with Crippen molar-refractivity contribution in [1.82, 2.24) is 0 Å². The average molecular weight is 329 g/mol. The fourth-order valence-corrected chi connectivity index (χ4v) is 3.87. The van der Waals surface area contributed by atoms with Crippen LogP contribution in [0.15, 0.2) is 58.6 Å². The SMILES string of the molecule is CC1=CC(C)=C(c2ccccc2C(C)=Nc2c(C)cc(C)cc2C)C1. The van der Waals surface area contributed by atoms with Gasteiger partial charge in [-0.3, -0.25) is 4.99 Å². The normalized spacial score (nSPS) is 15.0. The zero-order chi connectivity index (χ0) is 18.1. The Morgan fingerprint density at radius 3 is 2.16 bits per heavy atom. The number of nitrogens with zero attached hydrogens (tertiary/aromatic N) is 1. The lowest BCUT2D eigenvalue weighted by Crippen LogP contribution is -2.01. The number of benzene rings is 2. The molecule has 1 aliphatic carbocycles. The first-order valence-electron chi connectivity index (χ1n) is 8.96. The summed E-state index contributed by atoms with van der Waals surface area (Å²) in [6, 6.07) is 13.1. The fraction of sp³-hybridized carbons (Fsp3) is 0.292. The number of aliphatic imine (C=N–C) groups is 1. The van der Waals surface area contributed by atoms with Crippen LogP contribution >= 0.6 is 0 Å². The predicted molar refractivity (Wildman–Crippen MR) is 110 cm³/mol. The van der Waals surface area contributed by atoms with Crippen LogP contribution in [0.25, 0.3) is 5.57 Å². The van der Waals surface area contributed by atoms with Gasteiger partial charge in [-0.15, -0.1) is 0 Å². The molecule has 1 nitrogen and oxygen atoms in total. The van der Waals surface area contributed by atoms with Crippen molar-refractivity contribution in [2.24, 2.45) is 4.99 Å². The van der Waals surface area contributed by atoms with E-state index in [1.54, 1.807) is 0 Å². The Bertz CT molecular complexity index is 900. The lowest BCUT2D eigenvalue weighted by molar-refractivity contribution is 1.25. The molecule has 0 amide bonds. The summed E-state index contributed by atoms with van der Waals surface area (Å²) in [5, 5.41) is 0. The summed E-state index contributed by atoms with van der Waals surface area (Å²) in [5.41, 5.74) is 12.7. The molecule has 2 aromatic rings. The van der Waals surface area contributed by atoms with Crippen LogP contribution in [-0.4, -0.2) is 5.71 Å². The molecule has 0 bridgehead atoms. The van der Waals surface area contributed by atoms with Gasteiger partial charge in [0.25, 0.3) is 0 Å². The summed E-state index contributed by atoms with van der Waals surface area (Å²) < 4.78 is 0.